The number of nitrogens with one attached hydrogen (secondary N) is 2. The standard InChI is InChI=1S/C28H36N2.C24H29ClN2.3C2H6/c1-8-13-26(18-21(5)25-16-17-25)28(20(3)4)30-27(9-2)23(7)29-22(6)19-24-14-11-10-12-15-24;1-6-8-22(15-17(3)20-9-10-20)19(5)27-24(7-2)16-26-18(4)21-11-13-23(25)14-12-21;3*1-2/h8-15,18,23,25,29H,2,5-6,16-17,19H2,1,3-4,7H3;6,8,11-15,20,26H,3-5,7,9-10,16H2,1-2H3;3*1-2H3/b13-8-,26-18+,30-27?;8-6-,22-15+,27-24?;;;/t23-;;;;/m0..../s1. The molecule has 0 aromatic heterocycles. The molecule has 2 N–H and O–H groups in total. The van der Waals surface area contributed by atoms with Crippen molar-refractivity contribution >= 4 is 28.7 Å². The van der Waals surface area contributed by atoms with Gasteiger partial charge < -0.3 is 10.6 Å². The van der Waals surface area contributed by atoms with E-state index in [1.165, 1.54) is 42.4 Å². The second-order valence-electron chi connectivity index (χ2n) is 14.9. The number of aliphatic imine (C=N–C) groups is 2. The fourth-order valence-electron chi connectivity index (χ4n) is 5.97. The minimum Gasteiger partial charge on any atom is -0.380 e. The Kier molecular flexibility index (Phi) is 30.6. The van der Waals surface area contributed by atoms with Gasteiger partial charge in [0.05, 0.1) is 29.7 Å². The van der Waals surface area contributed by atoms with E-state index in [0.29, 0.717) is 18.4 Å². The van der Waals surface area contributed by atoms with Crippen LogP contribution in [0.4, 0.5) is 0 Å². The molecule has 2 saturated carbocycles. The van der Waals surface area contributed by atoms with Crippen molar-refractivity contribution in [2.75, 3.05) is 6.54 Å². The second-order valence-corrected chi connectivity index (χ2v) is 15.4. The Balaban J connectivity index is 0.00000110. The van der Waals surface area contributed by atoms with Crippen molar-refractivity contribution in [3.63, 3.8) is 0 Å². The predicted molar refractivity (Wildman–Crippen MR) is 287 cm³/mol. The van der Waals surface area contributed by atoms with Crippen LogP contribution in [-0.2, 0) is 6.42 Å². The summed E-state index contributed by atoms with van der Waals surface area (Å²) in [5.41, 5.74) is 13.4. The quantitative estimate of drug-likeness (QED) is 0.0970. The first kappa shape index (κ1) is 57.8. The van der Waals surface area contributed by atoms with Crippen LogP contribution in [0.5, 0.6) is 0 Å². The van der Waals surface area contributed by atoms with Gasteiger partial charge in [-0.2, -0.15) is 0 Å². The first-order chi connectivity index (χ1) is 30.3. The van der Waals surface area contributed by atoms with Crippen molar-refractivity contribution in [1.82, 2.24) is 10.6 Å². The van der Waals surface area contributed by atoms with Crippen LogP contribution in [0.25, 0.3) is 5.70 Å². The Morgan fingerprint density at radius 2 is 1.27 bits per heavy atom. The second kappa shape index (κ2) is 33.4. The zero-order valence-electron chi connectivity index (χ0n) is 41.4. The van der Waals surface area contributed by atoms with Crippen molar-refractivity contribution in [2.45, 2.75) is 128 Å². The average molecular weight is 872 g/mol. The van der Waals surface area contributed by atoms with Crippen LogP contribution in [0.1, 0.15) is 126 Å². The van der Waals surface area contributed by atoms with Gasteiger partial charge in [0.15, 0.2) is 0 Å². The molecule has 1 atom stereocenters. The van der Waals surface area contributed by atoms with E-state index in [4.69, 9.17) is 21.6 Å². The van der Waals surface area contributed by atoms with Gasteiger partial charge in [-0.25, -0.2) is 0 Å². The lowest BCUT2D eigenvalue weighted by Gasteiger charge is -2.19. The Hall–Kier alpha value is -5.19. The highest BCUT2D eigenvalue weighted by Gasteiger charge is 2.24. The molecule has 0 unspecified atom stereocenters. The molecule has 0 bridgehead atoms. The Morgan fingerprint density at radius 3 is 1.73 bits per heavy atom. The summed E-state index contributed by atoms with van der Waals surface area (Å²) < 4.78 is 0. The summed E-state index contributed by atoms with van der Waals surface area (Å²) in [6, 6.07) is 18.0. The Bertz CT molecular complexity index is 1970. The molecule has 2 fully saturated rings. The topological polar surface area (TPSA) is 48.8 Å². The lowest BCUT2D eigenvalue weighted by molar-refractivity contribution is 0.742. The van der Waals surface area contributed by atoms with E-state index in [1.54, 1.807) is 0 Å². The molecule has 0 spiro atoms. The van der Waals surface area contributed by atoms with Crippen LogP contribution in [0.3, 0.4) is 0 Å². The van der Waals surface area contributed by atoms with Crippen molar-refractivity contribution in [3.05, 3.63) is 198 Å². The third-order valence-electron chi connectivity index (χ3n) is 9.63. The highest BCUT2D eigenvalue weighted by atomic mass is 35.5. The number of halogens is 1. The summed E-state index contributed by atoms with van der Waals surface area (Å²) in [6.45, 7) is 50.0. The number of hydrogen-bond acceptors (Lipinski definition) is 4. The molecule has 2 aromatic rings. The molecule has 0 saturated heterocycles. The van der Waals surface area contributed by atoms with Crippen molar-refractivity contribution in [1.29, 1.82) is 0 Å². The van der Waals surface area contributed by atoms with Gasteiger partial charge in [0.25, 0.3) is 0 Å². The molecule has 0 radical (unpaired) electrons. The van der Waals surface area contributed by atoms with Gasteiger partial charge >= 0.3 is 0 Å². The van der Waals surface area contributed by atoms with E-state index in [-0.39, 0.29) is 6.04 Å². The monoisotopic (exact) mass is 871 g/mol. The Morgan fingerprint density at radius 1 is 0.762 bits per heavy atom. The van der Waals surface area contributed by atoms with Crippen LogP contribution in [0.2, 0.25) is 5.02 Å². The summed E-state index contributed by atoms with van der Waals surface area (Å²) in [5, 5.41) is 7.56. The fourth-order valence-corrected chi connectivity index (χ4v) is 6.10. The van der Waals surface area contributed by atoms with E-state index < -0.39 is 0 Å². The third kappa shape index (κ3) is 23.2. The molecule has 2 aliphatic rings. The van der Waals surface area contributed by atoms with Gasteiger partial charge in [0, 0.05) is 28.5 Å². The summed E-state index contributed by atoms with van der Waals surface area (Å²) in [7, 11) is 0. The van der Waals surface area contributed by atoms with Crippen LogP contribution in [0.15, 0.2) is 192 Å². The average Bonchev–Trinajstić information content (AvgIpc) is 4.22. The van der Waals surface area contributed by atoms with Crippen LogP contribution < -0.4 is 10.6 Å². The number of benzene rings is 2. The maximum atomic E-state index is 5.94. The normalized spacial score (nSPS) is 14.2. The van der Waals surface area contributed by atoms with E-state index in [0.717, 1.165) is 74.4 Å². The zero-order chi connectivity index (χ0) is 47.9. The molecule has 0 heterocycles. The van der Waals surface area contributed by atoms with Crippen LogP contribution >= 0.6 is 11.6 Å². The molecule has 342 valence electrons. The third-order valence-corrected chi connectivity index (χ3v) is 9.88. The molecule has 2 aromatic carbocycles. The minimum atomic E-state index is 0.00607. The molecular formula is C58H83ClN4. The maximum Gasteiger partial charge on any atom is 0.0692 e. The number of hydrogen-bond donors (Lipinski definition) is 2. The van der Waals surface area contributed by atoms with E-state index in [9.17, 15) is 0 Å². The van der Waals surface area contributed by atoms with Gasteiger partial charge in [0.2, 0.25) is 0 Å². The molecular weight excluding hydrogens is 788 g/mol. The summed E-state index contributed by atoms with van der Waals surface area (Å²) in [6.07, 6.45) is 21.0. The van der Waals surface area contributed by atoms with Gasteiger partial charge in [-0.05, 0) is 131 Å². The molecule has 4 rings (SSSR count). The SMILES string of the molecule is C=C(N=C(CC)CNC(=C)c1ccc(Cl)cc1)C(/C=C\C)=C/C(=C)C1CC1.C=CC(=NC(=C(C)C)C(/C=C\C)=C/C(=C)C1CC1)[C@H](C)NC(=C)Cc1ccccc1.CC.CC.CC. The first-order valence-electron chi connectivity index (χ1n) is 23.2. The van der Waals surface area contributed by atoms with Crippen LogP contribution in [-0.4, -0.2) is 24.0 Å². The lowest BCUT2D eigenvalue weighted by Crippen LogP contribution is -2.32. The predicted octanol–water partition coefficient (Wildman–Crippen LogP) is 16.9. The van der Waals surface area contributed by atoms with E-state index in [1.807, 2.05) is 116 Å². The Labute approximate surface area is 391 Å². The van der Waals surface area contributed by atoms with Gasteiger partial charge in [-0.1, -0.05) is 183 Å². The van der Waals surface area contributed by atoms with Gasteiger partial charge in [0.1, 0.15) is 0 Å². The zero-order valence-corrected chi connectivity index (χ0v) is 42.2. The molecule has 4 nitrogen and oxygen atoms in total. The highest BCUT2D eigenvalue weighted by molar-refractivity contribution is 6.30. The van der Waals surface area contributed by atoms with Gasteiger partial charge in [-0.15, -0.1) is 0 Å². The molecule has 0 aliphatic heterocycles. The highest BCUT2D eigenvalue weighted by Crippen LogP contribution is 2.38. The van der Waals surface area contributed by atoms with Gasteiger partial charge in [-0.3, -0.25) is 9.98 Å². The number of nitrogens with zero attached hydrogens (tertiary/aromatic N) is 2. The maximum absolute atomic E-state index is 5.94. The number of rotatable bonds is 21. The van der Waals surface area contributed by atoms with Crippen molar-refractivity contribution in [3.8, 4) is 0 Å². The summed E-state index contributed by atoms with van der Waals surface area (Å²) in [4.78, 5) is 9.78. The summed E-state index contributed by atoms with van der Waals surface area (Å²) >= 11 is 5.94. The minimum absolute atomic E-state index is 0.00607. The number of allylic oxidation sites excluding steroid dienone is 10. The molecule has 5 heteroatoms. The van der Waals surface area contributed by atoms with Crippen molar-refractivity contribution < 1.29 is 0 Å². The first-order valence-corrected chi connectivity index (χ1v) is 23.6. The largest absolute Gasteiger partial charge is 0.380 e. The smallest absolute Gasteiger partial charge is 0.0692 e. The van der Waals surface area contributed by atoms with E-state index in [2.05, 4.69) is 114 Å². The van der Waals surface area contributed by atoms with Crippen molar-refractivity contribution in [2.24, 2.45) is 21.8 Å². The van der Waals surface area contributed by atoms with Crippen LogP contribution in [0, 0.1) is 11.8 Å². The molecule has 2 aliphatic carbocycles. The van der Waals surface area contributed by atoms with E-state index >= 15 is 0 Å². The molecule has 0 amide bonds. The fraction of sp³-hybridized carbons (Fsp3) is 0.379. The molecule has 63 heavy (non-hydrogen) atoms. The summed E-state index contributed by atoms with van der Waals surface area (Å²) in [5.74, 6) is 1.27. The lowest BCUT2D eigenvalue weighted by atomic mass is 10.0.